The molecule has 5 heteroatoms. The third-order valence-corrected chi connectivity index (χ3v) is 7.07. The van der Waals surface area contributed by atoms with Crippen LogP contribution in [0.2, 0.25) is 0 Å². The van der Waals surface area contributed by atoms with Crippen LogP contribution in [0.1, 0.15) is 0 Å². The molecule has 0 atom stereocenters. The Morgan fingerprint density at radius 2 is 0.892 bits per heavy atom. The van der Waals surface area contributed by atoms with Gasteiger partial charge in [0.2, 0.25) is 0 Å². The predicted molar refractivity (Wildman–Crippen MR) is 146 cm³/mol. The van der Waals surface area contributed by atoms with Crippen molar-refractivity contribution >= 4 is 43.5 Å². The summed E-state index contributed by atoms with van der Waals surface area (Å²) < 4.78 is 5.91. The van der Waals surface area contributed by atoms with Crippen LogP contribution >= 0.6 is 0 Å². The zero-order chi connectivity index (χ0) is 25.3. The first-order valence-corrected chi connectivity index (χ1v) is 11.9. The van der Waals surface area contributed by atoms with E-state index >= 15 is 0 Å². The summed E-state index contributed by atoms with van der Waals surface area (Å²) in [7, 11) is 0. The quantitative estimate of drug-likeness (QED) is 0.186. The molecule has 6 aromatic carbocycles. The van der Waals surface area contributed by atoms with E-state index in [2.05, 4.69) is 0 Å². The highest BCUT2D eigenvalue weighted by atomic mass is 16.3. The summed E-state index contributed by atoms with van der Waals surface area (Å²) in [6.07, 6.45) is 0. The summed E-state index contributed by atoms with van der Waals surface area (Å²) in [5, 5.41) is 48.8. The smallest absolute Gasteiger partial charge is 0.142 e. The van der Waals surface area contributed by atoms with E-state index in [4.69, 9.17) is 4.42 Å². The minimum atomic E-state index is -0.113. The molecular weight excluding hydrogens is 464 g/mol. The Bertz CT molecular complexity index is 1960. The first kappa shape index (κ1) is 21.1. The van der Waals surface area contributed by atoms with Gasteiger partial charge in [0.05, 0.1) is 16.5 Å². The Balaban J connectivity index is 1.70. The van der Waals surface area contributed by atoms with Gasteiger partial charge in [0.1, 0.15) is 34.2 Å². The number of phenolic OH excluding ortho intramolecular Hbond substituents is 4. The van der Waals surface area contributed by atoms with Gasteiger partial charge < -0.3 is 24.8 Å². The van der Waals surface area contributed by atoms with Gasteiger partial charge in [-0.2, -0.15) is 0 Å². The average Bonchev–Trinajstić information content (AvgIpc) is 3.27. The number of benzene rings is 6. The molecule has 1 heterocycles. The fourth-order valence-corrected chi connectivity index (χ4v) is 5.55. The Kier molecular flexibility index (Phi) is 4.38. The number of phenols is 4. The fourth-order valence-electron chi connectivity index (χ4n) is 5.55. The molecule has 0 unspecified atom stereocenters. The minimum absolute atomic E-state index is 0.0416. The predicted octanol–water partition coefficient (Wildman–Crippen LogP) is 8.05. The van der Waals surface area contributed by atoms with Crippen molar-refractivity contribution in [3.05, 3.63) is 97.1 Å². The monoisotopic (exact) mass is 484 g/mol. The fraction of sp³-hybridized carbons (Fsp3) is 0. The molecule has 0 radical (unpaired) electrons. The number of aromatic hydroxyl groups is 4. The van der Waals surface area contributed by atoms with Crippen LogP contribution in [0, 0.1) is 0 Å². The van der Waals surface area contributed by atoms with E-state index in [1.54, 1.807) is 18.2 Å². The van der Waals surface area contributed by atoms with Gasteiger partial charge in [0.25, 0.3) is 0 Å². The zero-order valence-electron chi connectivity index (χ0n) is 19.4. The van der Waals surface area contributed by atoms with E-state index in [0.29, 0.717) is 38.8 Å². The minimum Gasteiger partial charge on any atom is -0.507 e. The molecule has 0 aliphatic carbocycles. The normalized spacial score (nSPS) is 11.7. The lowest BCUT2D eigenvalue weighted by molar-refractivity contribution is 0.454. The van der Waals surface area contributed by atoms with Crippen LogP contribution in [0.5, 0.6) is 23.0 Å². The number of fused-ring (bicyclic) bond motifs is 5. The average molecular weight is 485 g/mol. The van der Waals surface area contributed by atoms with Crippen LogP contribution in [0.25, 0.3) is 65.7 Å². The summed E-state index contributed by atoms with van der Waals surface area (Å²) in [6.45, 7) is 0. The Morgan fingerprint density at radius 1 is 0.405 bits per heavy atom. The molecule has 5 nitrogen and oxygen atoms in total. The van der Waals surface area contributed by atoms with Crippen LogP contribution in [0.15, 0.2) is 101 Å². The van der Waals surface area contributed by atoms with Crippen LogP contribution in [0.3, 0.4) is 0 Å². The van der Waals surface area contributed by atoms with E-state index in [9.17, 15) is 20.4 Å². The van der Waals surface area contributed by atoms with E-state index < -0.39 is 0 Å². The first-order chi connectivity index (χ1) is 18.0. The lowest BCUT2D eigenvalue weighted by Gasteiger charge is -2.20. The second-order valence-electron chi connectivity index (χ2n) is 9.10. The van der Waals surface area contributed by atoms with Gasteiger partial charge in [-0.05, 0) is 39.7 Å². The topological polar surface area (TPSA) is 94.1 Å². The third kappa shape index (κ3) is 2.91. The van der Waals surface area contributed by atoms with Gasteiger partial charge >= 0.3 is 0 Å². The van der Waals surface area contributed by atoms with Crippen LogP contribution < -0.4 is 0 Å². The highest BCUT2D eigenvalue weighted by Crippen LogP contribution is 2.53. The molecule has 0 saturated heterocycles. The highest BCUT2D eigenvalue weighted by molar-refractivity contribution is 6.24. The van der Waals surface area contributed by atoms with Gasteiger partial charge in [-0.1, -0.05) is 72.8 Å². The molecule has 1 aromatic heterocycles. The number of furan rings is 1. The van der Waals surface area contributed by atoms with Crippen LogP contribution in [0.4, 0.5) is 0 Å². The summed E-state index contributed by atoms with van der Waals surface area (Å²) in [6, 6.07) is 28.8. The molecule has 0 fully saturated rings. The molecule has 0 amide bonds. The van der Waals surface area contributed by atoms with Crippen molar-refractivity contribution in [1.82, 2.24) is 0 Å². The molecule has 0 spiro atoms. The SMILES string of the molecule is Oc1cccc(O)c1-c1c2ccccc2c(-c2c(O)cc3oc4ccccc4c3c2O)c2ccccc12. The van der Waals surface area contributed by atoms with Crippen molar-refractivity contribution in [2.45, 2.75) is 0 Å². The second-order valence-corrected chi connectivity index (χ2v) is 9.10. The number of rotatable bonds is 2. The Labute approximate surface area is 210 Å². The standard InChI is InChI=1S/C32H20O5/c33-22-13-7-14-23(34)30(22)27-17-8-1-3-10-19(17)28(20-11-4-2-9-18(20)27)31-24(35)16-26-29(32(31)36)21-12-5-6-15-25(21)37-26/h1-16,33-36H. The maximum absolute atomic E-state index is 11.7. The summed E-state index contributed by atoms with van der Waals surface area (Å²) in [4.78, 5) is 0. The molecule has 0 aliphatic heterocycles. The molecule has 178 valence electrons. The Hall–Kier alpha value is -5.16. The van der Waals surface area contributed by atoms with Crippen LogP contribution in [-0.2, 0) is 0 Å². The summed E-state index contributed by atoms with van der Waals surface area (Å²) in [5.74, 6) is -0.272. The number of hydrogen-bond acceptors (Lipinski definition) is 5. The first-order valence-electron chi connectivity index (χ1n) is 11.9. The third-order valence-electron chi connectivity index (χ3n) is 7.07. The van der Waals surface area contributed by atoms with Crippen molar-refractivity contribution in [3.8, 4) is 45.3 Å². The number of hydrogen-bond donors (Lipinski definition) is 4. The molecular formula is C32H20O5. The van der Waals surface area contributed by atoms with Gasteiger partial charge in [-0.3, -0.25) is 0 Å². The number of para-hydroxylation sites is 1. The molecule has 7 rings (SSSR count). The van der Waals surface area contributed by atoms with Gasteiger partial charge in [0, 0.05) is 22.6 Å². The van der Waals surface area contributed by atoms with Crippen molar-refractivity contribution < 1.29 is 24.8 Å². The van der Waals surface area contributed by atoms with Gasteiger partial charge in [0.15, 0.2) is 0 Å². The van der Waals surface area contributed by atoms with Gasteiger partial charge in [-0.25, -0.2) is 0 Å². The molecule has 0 aliphatic rings. The zero-order valence-corrected chi connectivity index (χ0v) is 19.4. The largest absolute Gasteiger partial charge is 0.507 e. The highest BCUT2D eigenvalue weighted by Gasteiger charge is 2.25. The maximum Gasteiger partial charge on any atom is 0.142 e. The molecule has 7 aromatic rings. The van der Waals surface area contributed by atoms with Crippen molar-refractivity contribution in [3.63, 3.8) is 0 Å². The molecule has 0 saturated carbocycles. The van der Waals surface area contributed by atoms with Crippen molar-refractivity contribution in [1.29, 1.82) is 0 Å². The molecule has 0 bridgehead atoms. The Morgan fingerprint density at radius 3 is 1.46 bits per heavy atom. The maximum atomic E-state index is 11.7. The lowest BCUT2D eigenvalue weighted by atomic mass is 9.84. The molecule has 4 N–H and O–H groups in total. The van der Waals surface area contributed by atoms with Crippen LogP contribution in [-0.4, -0.2) is 20.4 Å². The van der Waals surface area contributed by atoms with Crippen molar-refractivity contribution in [2.24, 2.45) is 0 Å². The van der Waals surface area contributed by atoms with E-state index in [1.165, 1.54) is 6.07 Å². The second kappa shape index (κ2) is 7.67. The van der Waals surface area contributed by atoms with E-state index in [-0.39, 0.29) is 23.0 Å². The van der Waals surface area contributed by atoms with E-state index in [0.717, 1.165) is 26.9 Å². The molecule has 37 heavy (non-hydrogen) atoms. The summed E-state index contributed by atoms with van der Waals surface area (Å²) in [5.41, 5.74) is 2.94. The summed E-state index contributed by atoms with van der Waals surface area (Å²) >= 11 is 0. The van der Waals surface area contributed by atoms with Crippen molar-refractivity contribution in [2.75, 3.05) is 0 Å². The lowest BCUT2D eigenvalue weighted by Crippen LogP contribution is -1.92. The van der Waals surface area contributed by atoms with E-state index in [1.807, 2.05) is 72.8 Å². The van der Waals surface area contributed by atoms with Gasteiger partial charge in [-0.15, -0.1) is 0 Å².